The molecule has 0 unspecified atom stereocenters. The largest absolute Gasteiger partial charge is 0.495 e. The first-order chi connectivity index (χ1) is 14.1. The van der Waals surface area contributed by atoms with Crippen LogP contribution in [0.3, 0.4) is 0 Å². The van der Waals surface area contributed by atoms with Crippen molar-refractivity contribution in [1.82, 2.24) is 19.6 Å². The van der Waals surface area contributed by atoms with Crippen LogP contribution in [0.4, 0.5) is 0 Å². The lowest BCUT2D eigenvalue weighted by Gasteiger charge is -2.21. The van der Waals surface area contributed by atoms with Gasteiger partial charge >= 0.3 is 0 Å². The van der Waals surface area contributed by atoms with E-state index in [1.54, 1.807) is 6.07 Å². The van der Waals surface area contributed by atoms with Crippen molar-refractivity contribution in [2.24, 2.45) is 5.92 Å². The van der Waals surface area contributed by atoms with Crippen molar-refractivity contribution in [1.29, 1.82) is 0 Å². The Morgan fingerprint density at radius 2 is 1.87 bits per heavy atom. The van der Waals surface area contributed by atoms with Crippen LogP contribution in [0.15, 0.2) is 47.4 Å². The van der Waals surface area contributed by atoms with Crippen molar-refractivity contribution in [3.63, 3.8) is 0 Å². The summed E-state index contributed by atoms with van der Waals surface area (Å²) in [6, 6.07) is 11.6. The van der Waals surface area contributed by atoms with Gasteiger partial charge in [0.05, 0.1) is 24.2 Å². The van der Waals surface area contributed by atoms with Crippen molar-refractivity contribution in [2.75, 3.05) is 21.2 Å². The summed E-state index contributed by atoms with van der Waals surface area (Å²) in [5.74, 6) is 0.483. The third kappa shape index (κ3) is 4.17. The molecule has 30 heavy (non-hydrogen) atoms. The quantitative estimate of drug-likeness (QED) is 0.600. The van der Waals surface area contributed by atoms with Gasteiger partial charge in [-0.2, -0.15) is 0 Å². The van der Waals surface area contributed by atoms with Gasteiger partial charge in [0, 0.05) is 19.7 Å². The van der Waals surface area contributed by atoms with Crippen molar-refractivity contribution in [3.05, 3.63) is 53.9 Å². The third-order valence-corrected chi connectivity index (χ3v) is 6.68. The van der Waals surface area contributed by atoms with Gasteiger partial charge < -0.3 is 15.0 Å². The fourth-order valence-electron chi connectivity index (χ4n) is 3.11. The molecule has 8 nitrogen and oxygen atoms in total. The van der Waals surface area contributed by atoms with E-state index in [1.165, 1.54) is 33.3 Å². The minimum absolute atomic E-state index is 0.0535. The van der Waals surface area contributed by atoms with E-state index in [-0.39, 0.29) is 28.2 Å². The van der Waals surface area contributed by atoms with Crippen LogP contribution in [0, 0.1) is 5.92 Å². The summed E-state index contributed by atoms with van der Waals surface area (Å²) in [5.41, 5.74) is 1.92. The van der Waals surface area contributed by atoms with Crippen LogP contribution in [-0.2, 0) is 10.0 Å². The Morgan fingerprint density at radius 1 is 1.17 bits per heavy atom. The summed E-state index contributed by atoms with van der Waals surface area (Å²) in [6.45, 7) is 3.96. The highest BCUT2D eigenvalue weighted by Crippen LogP contribution is 2.28. The van der Waals surface area contributed by atoms with Gasteiger partial charge in [0.1, 0.15) is 16.5 Å². The van der Waals surface area contributed by atoms with Gasteiger partial charge in [-0.1, -0.05) is 26.0 Å². The standard InChI is InChI=1S/C21H26N4O4S/c1-13(2)19(20-22-15-8-6-7-9-16(15)23-20)24-21(26)14-10-11-17(29-5)18(12-14)30(27,28)25(3)4/h6-13,19H,1-5H3,(H,22,23)(H,24,26)/t19-/m0/s1. The van der Waals surface area contributed by atoms with Gasteiger partial charge in [0.2, 0.25) is 10.0 Å². The molecule has 0 spiro atoms. The Kier molecular flexibility index (Phi) is 6.14. The molecule has 0 saturated heterocycles. The molecule has 1 heterocycles. The first kappa shape index (κ1) is 21.8. The van der Waals surface area contributed by atoms with Gasteiger partial charge in [-0.25, -0.2) is 17.7 Å². The monoisotopic (exact) mass is 430 g/mol. The number of nitrogens with zero attached hydrogens (tertiary/aromatic N) is 2. The zero-order valence-corrected chi connectivity index (χ0v) is 18.4. The number of rotatable bonds is 7. The Labute approximate surface area is 176 Å². The molecule has 1 aromatic heterocycles. The van der Waals surface area contributed by atoms with Gasteiger partial charge in [-0.3, -0.25) is 4.79 Å². The minimum atomic E-state index is -3.78. The molecule has 0 radical (unpaired) electrons. The van der Waals surface area contributed by atoms with Gasteiger partial charge in [-0.15, -0.1) is 0 Å². The first-order valence-electron chi connectivity index (χ1n) is 9.51. The molecule has 3 aromatic rings. The fraction of sp³-hybridized carbons (Fsp3) is 0.333. The van der Waals surface area contributed by atoms with Gasteiger partial charge in [0.25, 0.3) is 5.91 Å². The summed E-state index contributed by atoms with van der Waals surface area (Å²) >= 11 is 0. The zero-order valence-electron chi connectivity index (χ0n) is 17.6. The minimum Gasteiger partial charge on any atom is -0.495 e. The number of hydrogen-bond acceptors (Lipinski definition) is 5. The summed E-state index contributed by atoms with van der Waals surface area (Å²) in [6.07, 6.45) is 0. The number of imidazole rings is 1. The number of para-hydroxylation sites is 2. The van der Waals surface area contributed by atoms with Crippen LogP contribution in [0.2, 0.25) is 0 Å². The maximum absolute atomic E-state index is 13.0. The van der Waals surface area contributed by atoms with Crippen molar-refractivity contribution >= 4 is 27.0 Å². The van der Waals surface area contributed by atoms with Crippen LogP contribution < -0.4 is 10.1 Å². The van der Waals surface area contributed by atoms with E-state index in [0.717, 1.165) is 15.3 Å². The lowest BCUT2D eigenvalue weighted by molar-refractivity contribution is 0.0923. The van der Waals surface area contributed by atoms with Crippen LogP contribution in [0.25, 0.3) is 11.0 Å². The maximum Gasteiger partial charge on any atom is 0.251 e. The summed E-state index contributed by atoms with van der Waals surface area (Å²) in [5, 5.41) is 2.97. The molecule has 3 rings (SSSR count). The number of aromatic amines is 1. The smallest absolute Gasteiger partial charge is 0.251 e. The van der Waals surface area contributed by atoms with Crippen molar-refractivity contribution in [3.8, 4) is 5.75 Å². The number of H-pyrrole nitrogens is 1. The lowest BCUT2D eigenvalue weighted by Crippen LogP contribution is -2.32. The van der Waals surface area contributed by atoms with Crippen molar-refractivity contribution < 1.29 is 17.9 Å². The first-order valence-corrected chi connectivity index (χ1v) is 10.9. The number of fused-ring (bicyclic) bond motifs is 1. The molecular weight excluding hydrogens is 404 g/mol. The molecule has 2 aromatic carbocycles. The molecule has 0 fully saturated rings. The zero-order chi connectivity index (χ0) is 22.1. The van der Waals surface area contributed by atoms with Crippen LogP contribution >= 0.6 is 0 Å². The van der Waals surface area contributed by atoms with E-state index in [2.05, 4.69) is 15.3 Å². The van der Waals surface area contributed by atoms with Crippen molar-refractivity contribution in [2.45, 2.75) is 24.8 Å². The number of methoxy groups -OCH3 is 1. The number of nitrogens with one attached hydrogen (secondary N) is 2. The van der Waals surface area contributed by atoms with E-state index in [1.807, 2.05) is 38.1 Å². The SMILES string of the molecule is COc1ccc(C(=O)N[C@H](c2nc3ccccc3[nH]2)C(C)C)cc1S(=O)(=O)N(C)C. The highest BCUT2D eigenvalue weighted by Gasteiger charge is 2.26. The highest BCUT2D eigenvalue weighted by molar-refractivity contribution is 7.89. The van der Waals surface area contributed by atoms with E-state index in [0.29, 0.717) is 5.82 Å². The molecule has 1 amide bonds. The molecule has 2 N–H and O–H groups in total. The van der Waals surface area contributed by atoms with Crippen LogP contribution in [0.5, 0.6) is 5.75 Å². The average Bonchev–Trinajstić information content (AvgIpc) is 3.14. The Bertz CT molecular complexity index is 1140. The predicted octanol–water partition coefficient (Wildman–Crippen LogP) is 2.95. The summed E-state index contributed by atoms with van der Waals surface area (Å²) < 4.78 is 31.5. The van der Waals surface area contributed by atoms with Gasteiger partial charge in [-0.05, 0) is 36.2 Å². The second kappa shape index (κ2) is 8.45. The molecule has 0 aliphatic rings. The Balaban J connectivity index is 1.95. The van der Waals surface area contributed by atoms with Crippen LogP contribution in [0.1, 0.15) is 36.1 Å². The molecule has 0 saturated carbocycles. The Morgan fingerprint density at radius 3 is 2.47 bits per heavy atom. The molecule has 1 atom stereocenters. The number of benzene rings is 2. The number of carbonyl (C=O) groups excluding carboxylic acids is 1. The second-order valence-corrected chi connectivity index (χ2v) is 9.61. The van der Waals surface area contributed by atoms with E-state index in [9.17, 15) is 13.2 Å². The fourth-order valence-corrected chi connectivity index (χ4v) is 4.19. The topological polar surface area (TPSA) is 104 Å². The normalized spacial score (nSPS) is 13.0. The van der Waals surface area contributed by atoms with E-state index >= 15 is 0 Å². The molecule has 0 aliphatic carbocycles. The lowest BCUT2D eigenvalue weighted by atomic mass is 10.0. The predicted molar refractivity (Wildman–Crippen MR) is 115 cm³/mol. The number of amides is 1. The number of sulfonamides is 1. The van der Waals surface area contributed by atoms with E-state index in [4.69, 9.17) is 4.74 Å². The van der Waals surface area contributed by atoms with E-state index < -0.39 is 15.9 Å². The summed E-state index contributed by atoms with van der Waals surface area (Å²) in [4.78, 5) is 20.8. The second-order valence-electron chi connectivity index (χ2n) is 7.49. The number of aromatic nitrogens is 2. The molecule has 0 bridgehead atoms. The number of carbonyl (C=O) groups is 1. The van der Waals surface area contributed by atoms with Crippen LogP contribution in [-0.4, -0.2) is 49.8 Å². The number of ether oxygens (including phenoxy) is 1. The third-order valence-electron chi connectivity index (χ3n) is 4.84. The Hall–Kier alpha value is -2.91. The molecule has 9 heteroatoms. The number of hydrogen-bond donors (Lipinski definition) is 2. The summed E-state index contributed by atoms with van der Waals surface area (Å²) in [7, 11) is 0.466. The average molecular weight is 431 g/mol. The maximum atomic E-state index is 13.0. The van der Waals surface area contributed by atoms with Gasteiger partial charge in [0.15, 0.2) is 0 Å². The molecule has 0 aliphatic heterocycles. The molecular formula is C21H26N4O4S. The molecule has 160 valence electrons. The highest BCUT2D eigenvalue weighted by atomic mass is 32.2.